The van der Waals surface area contributed by atoms with Gasteiger partial charge in [-0.2, -0.15) is 0 Å². The van der Waals surface area contributed by atoms with Crippen LogP contribution < -0.4 is 10.6 Å². The summed E-state index contributed by atoms with van der Waals surface area (Å²) in [6.45, 7) is 0.0701. The Balaban J connectivity index is 1.39. The van der Waals surface area contributed by atoms with Gasteiger partial charge in [-0.05, 0) is 22.3 Å². The fourth-order valence-corrected chi connectivity index (χ4v) is 3.80. The van der Waals surface area contributed by atoms with Crippen molar-refractivity contribution in [2.45, 2.75) is 24.9 Å². The highest BCUT2D eigenvalue weighted by Gasteiger charge is 2.30. The first-order valence-electron chi connectivity index (χ1n) is 10.0. The molecule has 9 heteroatoms. The molecule has 4 rings (SSSR count). The second-order valence-electron chi connectivity index (χ2n) is 7.32. The molecule has 3 aromatic rings. The second kappa shape index (κ2) is 9.34. The molecule has 2 aromatic carbocycles. The van der Waals surface area contributed by atoms with Gasteiger partial charge >= 0.3 is 12.1 Å². The number of alkyl carbamates (subject to hydrolysis) is 1. The lowest BCUT2D eigenvalue weighted by Gasteiger charge is -2.18. The fraction of sp³-hybridized carbons (Fsp3) is 0.217. The van der Waals surface area contributed by atoms with E-state index in [0.717, 1.165) is 22.3 Å². The first-order valence-corrected chi connectivity index (χ1v) is 10.0. The van der Waals surface area contributed by atoms with Gasteiger partial charge in [0.05, 0.1) is 19.2 Å². The number of carboxylic acid groups (broad SMARTS) is 1. The van der Waals surface area contributed by atoms with E-state index in [1.54, 1.807) is 6.07 Å². The molecule has 1 heterocycles. The highest BCUT2D eigenvalue weighted by atomic mass is 16.5. The number of carboxylic acids is 1. The monoisotopic (exact) mass is 435 g/mol. The van der Waals surface area contributed by atoms with Crippen LogP contribution in [-0.2, 0) is 20.9 Å². The lowest BCUT2D eigenvalue weighted by Crippen LogP contribution is -2.48. The van der Waals surface area contributed by atoms with Crippen molar-refractivity contribution in [3.05, 3.63) is 77.7 Å². The Hall–Kier alpha value is -4.14. The number of nitrogens with one attached hydrogen (secondary N) is 2. The van der Waals surface area contributed by atoms with Crippen molar-refractivity contribution in [2.75, 3.05) is 6.61 Å². The second-order valence-corrected chi connectivity index (χ2v) is 7.32. The van der Waals surface area contributed by atoms with Crippen molar-refractivity contribution >= 4 is 18.0 Å². The standard InChI is InChI=1S/C23H21N3O6/c27-21(28)11-20(22(29)24-12-14-9-10-25-32-14)26-23(30)31-13-19-17-7-3-1-5-15(17)16-6-2-4-8-18(16)19/h1-10,19-20H,11-13H2,(H,24,29)(H,26,30)(H,27,28). The zero-order valence-corrected chi connectivity index (χ0v) is 17.0. The van der Waals surface area contributed by atoms with Crippen LogP contribution in [0.25, 0.3) is 11.1 Å². The van der Waals surface area contributed by atoms with E-state index >= 15 is 0 Å². The maximum atomic E-state index is 12.4. The van der Waals surface area contributed by atoms with Gasteiger partial charge in [0, 0.05) is 12.0 Å². The molecule has 0 aliphatic heterocycles. The molecule has 0 saturated heterocycles. The summed E-state index contributed by atoms with van der Waals surface area (Å²) in [4.78, 5) is 36.0. The van der Waals surface area contributed by atoms with Gasteiger partial charge in [-0.3, -0.25) is 9.59 Å². The van der Waals surface area contributed by atoms with Crippen molar-refractivity contribution < 1.29 is 28.8 Å². The summed E-state index contributed by atoms with van der Waals surface area (Å²) in [6.07, 6.45) is -0.0367. The Bertz CT molecular complexity index is 1080. The van der Waals surface area contributed by atoms with Crippen LogP contribution in [0.4, 0.5) is 4.79 Å². The van der Waals surface area contributed by atoms with Crippen LogP contribution in [-0.4, -0.2) is 40.9 Å². The van der Waals surface area contributed by atoms with Gasteiger partial charge in [-0.1, -0.05) is 53.7 Å². The summed E-state index contributed by atoms with van der Waals surface area (Å²) >= 11 is 0. The van der Waals surface area contributed by atoms with Gasteiger partial charge in [0.2, 0.25) is 5.91 Å². The quantitative estimate of drug-likeness (QED) is 0.496. The Morgan fingerprint density at radius 2 is 1.69 bits per heavy atom. The minimum Gasteiger partial charge on any atom is -0.481 e. The minimum absolute atomic E-state index is 0.0152. The number of hydrogen-bond acceptors (Lipinski definition) is 6. The number of benzene rings is 2. The van der Waals surface area contributed by atoms with Gasteiger partial charge in [0.15, 0.2) is 5.76 Å². The smallest absolute Gasteiger partial charge is 0.407 e. The van der Waals surface area contributed by atoms with E-state index < -0.39 is 30.4 Å². The third-order valence-electron chi connectivity index (χ3n) is 5.26. The van der Waals surface area contributed by atoms with Crippen molar-refractivity contribution in [3.8, 4) is 11.1 Å². The zero-order valence-electron chi connectivity index (χ0n) is 17.0. The Morgan fingerprint density at radius 3 is 2.28 bits per heavy atom. The molecule has 0 spiro atoms. The molecule has 0 saturated carbocycles. The van der Waals surface area contributed by atoms with E-state index in [0.29, 0.717) is 5.76 Å². The molecule has 9 nitrogen and oxygen atoms in total. The van der Waals surface area contributed by atoms with Crippen LogP contribution in [0.5, 0.6) is 0 Å². The molecule has 164 valence electrons. The first-order chi connectivity index (χ1) is 15.5. The van der Waals surface area contributed by atoms with Crippen LogP contribution in [0.1, 0.15) is 29.2 Å². The average molecular weight is 435 g/mol. The summed E-state index contributed by atoms with van der Waals surface area (Å²) in [5, 5.41) is 17.5. The highest BCUT2D eigenvalue weighted by molar-refractivity contribution is 5.89. The maximum absolute atomic E-state index is 12.4. The number of hydrogen-bond donors (Lipinski definition) is 3. The summed E-state index contributed by atoms with van der Waals surface area (Å²) in [5.41, 5.74) is 4.28. The number of nitrogens with zero attached hydrogens (tertiary/aromatic N) is 1. The number of amides is 2. The summed E-state index contributed by atoms with van der Waals surface area (Å²) < 4.78 is 10.3. The molecule has 0 fully saturated rings. The number of aliphatic carboxylic acids is 1. The maximum Gasteiger partial charge on any atom is 0.407 e. The van der Waals surface area contributed by atoms with Gasteiger partial charge < -0.3 is 25.0 Å². The third kappa shape index (κ3) is 4.61. The van der Waals surface area contributed by atoms with Crippen LogP contribution in [0.2, 0.25) is 0 Å². The SMILES string of the molecule is O=C(O)CC(NC(=O)OCC1c2ccccc2-c2ccccc21)C(=O)NCc1ccno1. The molecule has 1 aliphatic carbocycles. The molecule has 3 N–H and O–H groups in total. The molecule has 2 amide bonds. The summed E-state index contributed by atoms with van der Waals surface area (Å²) in [7, 11) is 0. The lowest BCUT2D eigenvalue weighted by atomic mass is 9.98. The van der Waals surface area contributed by atoms with Gasteiger partial charge in [-0.25, -0.2) is 4.79 Å². The van der Waals surface area contributed by atoms with E-state index in [1.165, 1.54) is 6.20 Å². The predicted molar refractivity (Wildman–Crippen MR) is 113 cm³/mol. The molecular formula is C23H21N3O6. The molecule has 1 aliphatic rings. The van der Waals surface area contributed by atoms with Crippen LogP contribution >= 0.6 is 0 Å². The van der Waals surface area contributed by atoms with Crippen molar-refractivity contribution in [2.24, 2.45) is 0 Å². The number of ether oxygens (including phenoxy) is 1. The highest BCUT2D eigenvalue weighted by Crippen LogP contribution is 2.44. The number of rotatable bonds is 8. The number of carbonyl (C=O) groups excluding carboxylic acids is 2. The largest absolute Gasteiger partial charge is 0.481 e. The molecule has 32 heavy (non-hydrogen) atoms. The van der Waals surface area contributed by atoms with Crippen molar-refractivity contribution in [1.29, 1.82) is 0 Å². The topological polar surface area (TPSA) is 131 Å². The number of carbonyl (C=O) groups is 3. The number of aromatic nitrogens is 1. The summed E-state index contributed by atoms with van der Waals surface area (Å²) in [5.74, 6) is -1.65. The normalized spacial score (nSPS) is 13.0. The zero-order chi connectivity index (χ0) is 22.5. The first kappa shape index (κ1) is 21.1. The third-order valence-corrected chi connectivity index (χ3v) is 5.26. The van der Waals surface area contributed by atoms with Crippen LogP contribution in [0.3, 0.4) is 0 Å². The summed E-state index contributed by atoms with van der Waals surface area (Å²) in [6, 6.07) is 16.1. The molecule has 1 atom stereocenters. The van der Waals surface area contributed by atoms with E-state index in [-0.39, 0.29) is 19.1 Å². The van der Waals surface area contributed by atoms with Crippen molar-refractivity contribution in [3.63, 3.8) is 0 Å². The van der Waals surface area contributed by atoms with E-state index in [4.69, 9.17) is 14.4 Å². The van der Waals surface area contributed by atoms with Crippen LogP contribution in [0.15, 0.2) is 65.3 Å². The predicted octanol–water partition coefficient (Wildman–Crippen LogP) is 2.67. The van der Waals surface area contributed by atoms with E-state index in [1.807, 2.05) is 48.5 Å². The molecule has 0 bridgehead atoms. The Labute approximate surface area is 183 Å². The van der Waals surface area contributed by atoms with Gasteiger partial charge in [0.1, 0.15) is 12.6 Å². The average Bonchev–Trinajstić information content (AvgIpc) is 3.41. The minimum atomic E-state index is -1.30. The van der Waals surface area contributed by atoms with E-state index in [2.05, 4.69) is 15.8 Å². The van der Waals surface area contributed by atoms with Gasteiger partial charge in [-0.15, -0.1) is 0 Å². The molecule has 1 aromatic heterocycles. The molecule has 1 unspecified atom stereocenters. The molecule has 0 radical (unpaired) electrons. The van der Waals surface area contributed by atoms with Crippen molar-refractivity contribution in [1.82, 2.24) is 15.8 Å². The van der Waals surface area contributed by atoms with E-state index in [9.17, 15) is 14.4 Å². The number of fused-ring (bicyclic) bond motifs is 3. The lowest BCUT2D eigenvalue weighted by molar-refractivity contribution is -0.139. The Morgan fingerprint density at radius 1 is 1.03 bits per heavy atom. The van der Waals surface area contributed by atoms with Gasteiger partial charge in [0.25, 0.3) is 0 Å². The molecular weight excluding hydrogens is 414 g/mol. The van der Waals surface area contributed by atoms with Crippen LogP contribution in [0, 0.1) is 0 Å². The Kier molecular flexibility index (Phi) is 6.16. The fourth-order valence-electron chi connectivity index (χ4n) is 3.80.